The maximum Gasteiger partial charge on any atom is 0.119 e. The standard InChI is InChI=1S/C19H26O2/c1-10-8-16(20)15-7-6-14-13-5-3-4-12(13)9-17(21)19(14)18(15)11(10)2/h8,12-14,17,19-21H,3-7,9H2,1-2H3. The topological polar surface area (TPSA) is 40.5 Å². The van der Waals surface area contributed by atoms with Gasteiger partial charge < -0.3 is 10.2 Å². The molecule has 5 unspecified atom stereocenters. The van der Waals surface area contributed by atoms with Gasteiger partial charge in [-0.1, -0.05) is 12.8 Å². The first-order valence-electron chi connectivity index (χ1n) is 8.58. The molecule has 0 aromatic heterocycles. The van der Waals surface area contributed by atoms with Gasteiger partial charge in [-0.05, 0) is 85.6 Å². The summed E-state index contributed by atoms with van der Waals surface area (Å²) in [7, 11) is 0. The molecule has 0 spiro atoms. The number of phenols is 1. The Kier molecular flexibility index (Phi) is 3.08. The van der Waals surface area contributed by atoms with E-state index in [4.69, 9.17) is 0 Å². The van der Waals surface area contributed by atoms with Crippen molar-refractivity contribution in [3.8, 4) is 5.75 Å². The van der Waals surface area contributed by atoms with Crippen molar-refractivity contribution in [1.29, 1.82) is 0 Å². The first-order valence-corrected chi connectivity index (χ1v) is 8.58. The summed E-state index contributed by atoms with van der Waals surface area (Å²) in [5.41, 5.74) is 4.87. The first-order chi connectivity index (χ1) is 10.1. The molecule has 5 atom stereocenters. The minimum Gasteiger partial charge on any atom is -0.508 e. The number of aryl methyl sites for hydroxylation is 1. The fourth-order valence-corrected chi connectivity index (χ4v) is 5.73. The van der Waals surface area contributed by atoms with E-state index >= 15 is 0 Å². The Morgan fingerprint density at radius 3 is 2.71 bits per heavy atom. The average Bonchev–Trinajstić information content (AvgIpc) is 2.92. The third-order valence-corrected chi connectivity index (χ3v) is 6.73. The smallest absolute Gasteiger partial charge is 0.119 e. The second kappa shape index (κ2) is 4.74. The van der Waals surface area contributed by atoms with E-state index in [-0.39, 0.29) is 12.0 Å². The van der Waals surface area contributed by atoms with Gasteiger partial charge >= 0.3 is 0 Å². The molecule has 0 radical (unpaired) electrons. The van der Waals surface area contributed by atoms with Crippen molar-refractivity contribution in [1.82, 2.24) is 0 Å². The number of fused-ring (bicyclic) bond motifs is 5. The molecule has 1 aromatic carbocycles. The number of aromatic hydroxyl groups is 1. The van der Waals surface area contributed by atoms with Gasteiger partial charge in [-0.25, -0.2) is 0 Å². The molecule has 0 amide bonds. The van der Waals surface area contributed by atoms with Gasteiger partial charge in [0, 0.05) is 5.92 Å². The second-order valence-electron chi connectivity index (χ2n) is 7.62. The van der Waals surface area contributed by atoms with Crippen LogP contribution in [0.5, 0.6) is 5.75 Å². The predicted molar refractivity (Wildman–Crippen MR) is 83.6 cm³/mol. The summed E-state index contributed by atoms with van der Waals surface area (Å²) in [5, 5.41) is 21.2. The highest BCUT2D eigenvalue weighted by atomic mass is 16.3. The molecule has 2 heteroatoms. The highest BCUT2D eigenvalue weighted by Crippen LogP contribution is 2.56. The fraction of sp³-hybridized carbons (Fsp3) is 0.684. The fourth-order valence-electron chi connectivity index (χ4n) is 5.73. The van der Waals surface area contributed by atoms with E-state index in [2.05, 4.69) is 13.8 Å². The zero-order valence-electron chi connectivity index (χ0n) is 13.1. The number of aliphatic hydroxyl groups excluding tert-OH is 1. The third kappa shape index (κ3) is 1.88. The summed E-state index contributed by atoms with van der Waals surface area (Å²) in [5.74, 6) is 2.91. The highest BCUT2D eigenvalue weighted by molar-refractivity contribution is 5.52. The summed E-state index contributed by atoms with van der Waals surface area (Å²) in [6.07, 6.45) is 6.90. The molecular weight excluding hydrogens is 260 g/mol. The van der Waals surface area contributed by atoms with Crippen molar-refractivity contribution in [3.63, 3.8) is 0 Å². The van der Waals surface area contributed by atoms with Crippen LogP contribution >= 0.6 is 0 Å². The largest absolute Gasteiger partial charge is 0.508 e. The maximum atomic E-state index is 10.8. The van der Waals surface area contributed by atoms with E-state index < -0.39 is 0 Å². The number of benzene rings is 1. The Balaban J connectivity index is 1.84. The predicted octanol–water partition coefficient (Wildman–Crippen LogP) is 3.84. The van der Waals surface area contributed by atoms with Gasteiger partial charge in [0.1, 0.15) is 5.75 Å². The molecule has 0 saturated heterocycles. The minimum atomic E-state index is -0.215. The van der Waals surface area contributed by atoms with Crippen molar-refractivity contribution in [2.24, 2.45) is 17.8 Å². The molecule has 1 aromatic rings. The second-order valence-corrected chi connectivity index (χ2v) is 7.62. The molecule has 0 bridgehead atoms. The van der Waals surface area contributed by atoms with Crippen LogP contribution in [0.25, 0.3) is 0 Å². The maximum absolute atomic E-state index is 10.8. The lowest BCUT2D eigenvalue weighted by molar-refractivity contribution is 0.00693. The van der Waals surface area contributed by atoms with E-state index in [1.165, 1.54) is 30.4 Å². The lowest BCUT2D eigenvalue weighted by Crippen LogP contribution is -2.42. The first kappa shape index (κ1) is 13.6. The van der Waals surface area contributed by atoms with Crippen LogP contribution in [0.3, 0.4) is 0 Å². The van der Waals surface area contributed by atoms with Crippen LogP contribution in [0.2, 0.25) is 0 Å². The molecule has 3 aliphatic rings. The van der Waals surface area contributed by atoms with Gasteiger partial charge in [-0.3, -0.25) is 0 Å². The van der Waals surface area contributed by atoms with Crippen LogP contribution in [-0.2, 0) is 6.42 Å². The Morgan fingerprint density at radius 2 is 1.90 bits per heavy atom. The Morgan fingerprint density at radius 1 is 1.10 bits per heavy atom. The van der Waals surface area contributed by atoms with Crippen LogP contribution < -0.4 is 0 Å². The van der Waals surface area contributed by atoms with Gasteiger partial charge in [0.25, 0.3) is 0 Å². The lowest BCUT2D eigenvalue weighted by Gasteiger charge is -2.47. The normalized spacial score (nSPS) is 37.8. The van der Waals surface area contributed by atoms with Crippen molar-refractivity contribution in [3.05, 3.63) is 28.3 Å². The van der Waals surface area contributed by atoms with E-state index in [1.807, 2.05) is 6.07 Å². The number of aliphatic hydroxyl groups is 1. The van der Waals surface area contributed by atoms with E-state index in [0.29, 0.717) is 11.7 Å². The van der Waals surface area contributed by atoms with E-state index in [0.717, 1.165) is 42.2 Å². The molecule has 2 nitrogen and oxygen atoms in total. The Hall–Kier alpha value is -1.02. The van der Waals surface area contributed by atoms with Crippen LogP contribution in [-0.4, -0.2) is 16.3 Å². The van der Waals surface area contributed by atoms with Crippen molar-refractivity contribution < 1.29 is 10.2 Å². The SMILES string of the molecule is Cc1cc(O)c2c(c1C)C1C(O)CC3CCCC3C1CC2. The summed E-state index contributed by atoms with van der Waals surface area (Å²) in [4.78, 5) is 0. The lowest BCUT2D eigenvalue weighted by atomic mass is 9.59. The van der Waals surface area contributed by atoms with Crippen molar-refractivity contribution >= 4 is 0 Å². The number of rotatable bonds is 0. The molecule has 114 valence electrons. The monoisotopic (exact) mass is 286 g/mol. The molecule has 3 aliphatic carbocycles. The molecule has 2 saturated carbocycles. The molecule has 0 heterocycles. The van der Waals surface area contributed by atoms with Gasteiger partial charge in [0.15, 0.2) is 0 Å². The number of phenolic OH excluding ortho intramolecular Hbond substituents is 1. The molecule has 21 heavy (non-hydrogen) atoms. The van der Waals surface area contributed by atoms with Crippen LogP contribution in [0.15, 0.2) is 6.07 Å². The summed E-state index contributed by atoms with van der Waals surface area (Å²) in [6.45, 7) is 4.25. The molecule has 2 N–H and O–H groups in total. The van der Waals surface area contributed by atoms with Crippen LogP contribution in [0.4, 0.5) is 0 Å². The summed E-state index contributed by atoms with van der Waals surface area (Å²) in [6, 6.07) is 1.90. The highest BCUT2D eigenvalue weighted by Gasteiger charge is 2.48. The zero-order chi connectivity index (χ0) is 14.7. The van der Waals surface area contributed by atoms with Crippen LogP contribution in [0.1, 0.15) is 60.3 Å². The third-order valence-electron chi connectivity index (χ3n) is 6.73. The summed E-state index contributed by atoms with van der Waals surface area (Å²) >= 11 is 0. The van der Waals surface area contributed by atoms with Gasteiger partial charge in [-0.2, -0.15) is 0 Å². The molecular formula is C19H26O2. The molecule has 2 fully saturated rings. The Labute approximate surface area is 127 Å². The van der Waals surface area contributed by atoms with Crippen molar-refractivity contribution in [2.45, 2.75) is 64.4 Å². The van der Waals surface area contributed by atoms with Crippen LogP contribution in [0, 0.1) is 31.6 Å². The average molecular weight is 286 g/mol. The van der Waals surface area contributed by atoms with E-state index in [9.17, 15) is 10.2 Å². The molecule has 0 aliphatic heterocycles. The van der Waals surface area contributed by atoms with Gasteiger partial charge in [0.2, 0.25) is 0 Å². The number of hydrogen-bond acceptors (Lipinski definition) is 2. The van der Waals surface area contributed by atoms with E-state index in [1.54, 1.807) is 0 Å². The molecule has 4 rings (SSSR count). The van der Waals surface area contributed by atoms with Gasteiger partial charge in [0.05, 0.1) is 6.10 Å². The van der Waals surface area contributed by atoms with Crippen molar-refractivity contribution in [2.75, 3.05) is 0 Å². The zero-order valence-corrected chi connectivity index (χ0v) is 13.1. The quantitative estimate of drug-likeness (QED) is 0.761. The summed E-state index contributed by atoms with van der Waals surface area (Å²) < 4.78 is 0. The minimum absolute atomic E-state index is 0.215. The Bertz CT molecular complexity index is 577. The van der Waals surface area contributed by atoms with Gasteiger partial charge in [-0.15, -0.1) is 0 Å². The number of hydrogen-bond donors (Lipinski definition) is 2.